The van der Waals surface area contributed by atoms with E-state index in [9.17, 15) is 4.79 Å². The van der Waals surface area contributed by atoms with Gasteiger partial charge >= 0.3 is 0 Å². The van der Waals surface area contributed by atoms with Crippen LogP contribution in [0.15, 0.2) is 60.7 Å². The molecule has 3 nitrogen and oxygen atoms in total. The van der Waals surface area contributed by atoms with Gasteiger partial charge in [-0.05, 0) is 53.4 Å². The largest absolute Gasteiger partial charge is 0.497 e. The molecule has 25 heavy (non-hydrogen) atoms. The molecule has 3 rings (SSSR count). The van der Waals surface area contributed by atoms with Crippen LogP contribution in [0.3, 0.4) is 0 Å². The van der Waals surface area contributed by atoms with E-state index in [-0.39, 0.29) is 11.8 Å². The van der Waals surface area contributed by atoms with Gasteiger partial charge in [0.25, 0.3) is 0 Å². The Morgan fingerprint density at radius 1 is 1.04 bits per heavy atom. The normalized spacial score (nSPS) is 12.0. The van der Waals surface area contributed by atoms with Crippen molar-refractivity contribution in [3.63, 3.8) is 0 Å². The van der Waals surface area contributed by atoms with Crippen molar-refractivity contribution < 1.29 is 9.53 Å². The fourth-order valence-corrected chi connectivity index (χ4v) is 2.98. The molecule has 0 aliphatic rings. The smallest absolute Gasteiger partial charge is 0.231 e. The van der Waals surface area contributed by atoms with E-state index in [0.29, 0.717) is 0 Å². The van der Waals surface area contributed by atoms with E-state index in [1.807, 2.05) is 61.5 Å². The number of hydrogen-bond acceptors (Lipinski definition) is 2. The number of ether oxygens (including phenoxy) is 1. The number of para-hydroxylation sites is 1. The highest BCUT2D eigenvalue weighted by Gasteiger charge is 2.16. The number of carbonyl (C=O) groups excluding carboxylic acids is 1. The van der Waals surface area contributed by atoms with E-state index in [1.54, 1.807) is 7.11 Å². The molecule has 128 valence electrons. The molecule has 1 amide bonds. The summed E-state index contributed by atoms with van der Waals surface area (Å²) in [6.45, 7) is 4.03. The second-order valence-corrected chi connectivity index (χ2v) is 6.19. The first-order chi connectivity index (χ1) is 12.1. The maximum atomic E-state index is 12.7. The second kappa shape index (κ2) is 7.39. The van der Waals surface area contributed by atoms with Crippen molar-refractivity contribution in [2.24, 2.45) is 0 Å². The number of hydrogen-bond donors (Lipinski definition) is 1. The van der Waals surface area contributed by atoms with Crippen LogP contribution < -0.4 is 10.1 Å². The number of nitrogens with one attached hydrogen (secondary N) is 1. The molecule has 0 aliphatic carbocycles. The molecule has 0 unspecified atom stereocenters. The predicted octanol–water partition coefficient (Wildman–Crippen LogP) is 5.15. The Labute approximate surface area is 148 Å². The van der Waals surface area contributed by atoms with Gasteiger partial charge in [0.15, 0.2) is 0 Å². The molecule has 1 N–H and O–H groups in total. The summed E-state index contributed by atoms with van der Waals surface area (Å²) in [5, 5.41) is 5.27. The van der Waals surface area contributed by atoms with Gasteiger partial charge in [-0.15, -0.1) is 0 Å². The number of carbonyl (C=O) groups is 1. The first kappa shape index (κ1) is 17.0. The van der Waals surface area contributed by atoms with Crippen LogP contribution in [0.2, 0.25) is 0 Å². The second-order valence-electron chi connectivity index (χ2n) is 6.19. The fraction of sp³-hybridized carbons (Fsp3) is 0.227. The Morgan fingerprint density at radius 3 is 2.52 bits per heavy atom. The third-order valence-electron chi connectivity index (χ3n) is 4.62. The lowest BCUT2D eigenvalue weighted by atomic mass is 9.96. The van der Waals surface area contributed by atoms with Crippen LogP contribution >= 0.6 is 0 Å². The minimum absolute atomic E-state index is 0.00811. The summed E-state index contributed by atoms with van der Waals surface area (Å²) >= 11 is 0. The van der Waals surface area contributed by atoms with Crippen molar-refractivity contribution in [3.8, 4) is 5.75 Å². The molecule has 0 saturated carbocycles. The summed E-state index contributed by atoms with van der Waals surface area (Å²) in [6.07, 6.45) is 0.892. The molecule has 3 aromatic rings. The molecular formula is C22H23NO2. The lowest BCUT2D eigenvalue weighted by Crippen LogP contribution is -2.19. The number of rotatable bonds is 5. The highest BCUT2D eigenvalue weighted by Crippen LogP contribution is 2.26. The molecule has 1 atom stereocenters. The molecule has 3 aromatic carbocycles. The third-order valence-corrected chi connectivity index (χ3v) is 4.62. The molecule has 0 saturated heterocycles. The predicted molar refractivity (Wildman–Crippen MR) is 103 cm³/mol. The summed E-state index contributed by atoms with van der Waals surface area (Å²) in [4.78, 5) is 12.7. The molecule has 3 heteroatoms. The maximum absolute atomic E-state index is 12.7. The monoisotopic (exact) mass is 333 g/mol. The van der Waals surface area contributed by atoms with Gasteiger partial charge in [-0.3, -0.25) is 4.79 Å². The summed E-state index contributed by atoms with van der Waals surface area (Å²) in [6, 6.07) is 20.0. The molecule has 0 aliphatic heterocycles. The fourth-order valence-electron chi connectivity index (χ4n) is 2.98. The van der Waals surface area contributed by atoms with Gasteiger partial charge < -0.3 is 10.1 Å². The average Bonchev–Trinajstić information content (AvgIpc) is 2.66. The SMILES string of the molecule is CCc1ccccc1NC(=O)[C@H](C)c1ccc2cc(OC)ccc2c1. The topological polar surface area (TPSA) is 38.3 Å². The summed E-state index contributed by atoms with van der Waals surface area (Å²) in [5.41, 5.74) is 3.05. The first-order valence-electron chi connectivity index (χ1n) is 8.59. The highest BCUT2D eigenvalue weighted by molar-refractivity contribution is 5.97. The first-order valence-corrected chi connectivity index (χ1v) is 8.59. The van der Waals surface area contributed by atoms with Crippen molar-refractivity contribution in [2.75, 3.05) is 12.4 Å². The van der Waals surface area contributed by atoms with Crippen molar-refractivity contribution >= 4 is 22.4 Å². The minimum atomic E-state index is -0.226. The maximum Gasteiger partial charge on any atom is 0.231 e. The molecule has 0 aromatic heterocycles. The van der Waals surface area contributed by atoms with Gasteiger partial charge in [-0.2, -0.15) is 0 Å². The molecule has 0 fully saturated rings. The van der Waals surface area contributed by atoms with Crippen molar-refractivity contribution in [3.05, 3.63) is 71.8 Å². The van der Waals surface area contributed by atoms with Crippen LogP contribution in [0.5, 0.6) is 5.75 Å². The lowest BCUT2D eigenvalue weighted by molar-refractivity contribution is -0.117. The Kier molecular flexibility index (Phi) is 5.03. The molecule has 0 spiro atoms. The summed E-state index contributed by atoms with van der Waals surface area (Å²) < 4.78 is 5.26. The molecule has 0 bridgehead atoms. The zero-order valence-electron chi connectivity index (χ0n) is 14.9. The van der Waals surface area contributed by atoms with E-state index in [0.717, 1.165) is 39.8 Å². The number of anilines is 1. The van der Waals surface area contributed by atoms with Gasteiger partial charge in [-0.1, -0.05) is 49.4 Å². The highest BCUT2D eigenvalue weighted by atomic mass is 16.5. The zero-order valence-corrected chi connectivity index (χ0v) is 14.9. The third kappa shape index (κ3) is 3.66. The van der Waals surface area contributed by atoms with E-state index in [1.165, 1.54) is 0 Å². The van der Waals surface area contributed by atoms with Crippen LogP contribution in [0, 0.1) is 0 Å². The average molecular weight is 333 g/mol. The number of benzene rings is 3. The van der Waals surface area contributed by atoms with Gasteiger partial charge in [0.05, 0.1) is 13.0 Å². The van der Waals surface area contributed by atoms with Gasteiger partial charge in [0.1, 0.15) is 5.75 Å². The Hall–Kier alpha value is -2.81. The van der Waals surface area contributed by atoms with Crippen molar-refractivity contribution in [2.45, 2.75) is 26.2 Å². The quantitative estimate of drug-likeness (QED) is 0.701. The van der Waals surface area contributed by atoms with E-state index >= 15 is 0 Å². The van der Waals surface area contributed by atoms with Crippen LogP contribution in [0.25, 0.3) is 10.8 Å². The van der Waals surface area contributed by atoms with Crippen LogP contribution in [-0.2, 0) is 11.2 Å². The van der Waals surface area contributed by atoms with Gasteiger partial charge in [0.2, 0.25) is 5.91 Å². The number of methoxy groups -OCH3 is 1. The van der Waals surface area contributed by atoms with Crippen LogP contribution in [-0.4, -0.2) is 13.0 Å². The van der Waals surface area contributed by atoms with Crippen LogP contribution in [0.1, 0.15) is 30.9 Å². The lowest BCUT2D eigenvalue weighted by Gasteiger charge is -2.15. The van der Waals surface area contributed by atoms with Crippen LogP contribution in [0.4, 0.5) is 5.69 Å². The van der Waals surface area contributed by atoms with E-state index in [2.05, 4.69) is 18.3 Å². The van der Waals surface area contributed by atoms with Crippen molar-refractivity contribution in [1.82, 2.24) is 0 Å². The number of aryl methyl sites for hydroxylation is 1. The Morgan fingerprint density at radius 2 is 1.76 bits per heavy atom. The Balaban J connectivity index is 1.83. The molecular weight excluding hydrogens is 310 g/mol. The van der Waals surface area contributed by atoms with Gasteiger partial charge in [-0.25, -0.2) is 0 Å². The molecule has 0 radical (unpaired) electrons. The summed E-state index contributed by atoms with van der Waals surface area (Å²) in [7, 11) is 1.66. The molecule has 0 heterocycles. The van der Waals surface area contributed by atoms with E-state index in [4.69, 9.17) is 4.74 Å². The van der Waals surface area contributed by atoms with E-state index < -0.39 is 0 Å². The Bertz CT molecular complexity index is 901. The standard InChI is InChI=1S/C22H23NO2/c1-4-16-7-5-6-8-21(16)23-22(24)15(2)17-9-10-19-14-20(25-3)12-11-18(19)13-17/h5-15H,4H2,1-3H3,(H,23,24)/t15-/m1/s1. The zero-order chi connectivity index (χ0) is 17.8. The van der Waals surface area contributed by atoms with Gasteiger partial charge in [0, 0.05) is 5.69 Å². The minimum Gasteiger partial charge on any atom is -0.497 e. The summed E-state index contributed by atoms with van der Waals surface area (Å²) in [5.74, 6) is 0.618. The number of fused-ring (bicyclic) bond motifs is 1. The van der Waals surface area contributed by atoms with Crippen molar-refractivity contribution in [1.29, 1.82) is 0 Å². The number of amides is 1.